The molecule has 3 nitrogen and oxygen atoms in total. The number of aromatic nitrogens is 2. The van der Waals surface area contributed by atoms with Gasteiger partial charge in [0.15, 0.2) is 0 Å². The van der Waals surface area contributed by atoms with Gasteiger partial charge in [0.1, 0.15) is 0 Å². The van der Waals surface area contributed by atoms with Gasteiger partial charge in [-0.3, -0.25) is 4.68 Å². The molecule has 1 aromatic carbocycles. The first-order chi connectivity index (χ1) is 9.74. The topological polar surface area (TPSA) is 29.9 Å². The fraction of sp³-hybridized carbons (Fsp3) is 0.471. The largest absolute Gasteiger partial charge is 0.309 e. The quantitative estimate of drug-likeness (QED) is 0.837. The highest BCUT2D eigenvalue weighted by atomic mass is 15.3. The highest BCUT2D eigenvalue weighted by Crippen LogP contribution is 2.20. The molecule has 0 amide bonds. The lowest BCUT2D eigenvalue weighted by Gasteiger charge is -2.18. The van der Waals surface area contributed by atoms with Crippen molar-refractivity contribution in [3.63, 3.8) is 0 Å². The fourth-order valence-corrected chi connectivity index (χ4v) is 2.60. The molecule has 2 rings (SSSR count). The van der Waals surface area contributed by atoms with Gasteiger partial charge < -0.3 is 5.32 Å². The van der Waals surface area contributed by atoms with Crippen LogP contribution in [0.1, 0.15) is 43.3 Å². The summed E-state index contributed by atoms with van der Waals surface area (Å²) in [5.41, 5.74) is 3.86. The van der Waals surface area contributed by atoms with Crippen molar-refractivity contribution in [3.05, 3.63) is 53.3 Å². The van der Waals surface area contributed by atoms with Crippen molar-refractivity contribution in [1.29, 1.82) is 0 Å². The smallest absolute Gasteiger partial charge is 0.0625 e. The summed E-state index contributed by atoms with van der Waals surface area (Å²) in [6, 6.07) is 13.3. The monoisotopic (exact) mass is 271 g/mol. The van der Waals surface area contributed by atoms with E-state index in [1.54, 1.807) is 0 Å². The second-order valence-corrected chi connectivity index (χ2v) is 5.17. The second kappa shape index (κ2) is 7.25. The van der Waals surface area contributed by atoms with Gasteiger partial charge in [0.05, 0.1) is 11.4 Å². The molecule has 0 aliphatic heterocycles. The maximum absolute atomic E-state index is 4.56. The zero-order valence-electron chi connectivity index (χ0n) is 12.8. The predicted octanol–water partition coefficient (Wildman–Crippen LogP) is 3.27. The average Bonchev–Trinajstić information content (AvgIpc) is 2.86. The maximum atomic E-state index is 4.56. The molecule has 0 saturated heterocycles. The van der Waals surface area contributed by atoms with Gasteiger partial charge in [-0.25, -0.2) is 0 Å². The standard InChI is InChI=1S/C17H25N3/c1-4-15-13-17(20(3)19-15)16(18-5-2)12-11-14-9-7-6-8-10-14/h6-10,13,16,18H,4-5,11-12H2,1-3H3. The number of benzene rings is 1. The lowest BCUT2D eigenvalue weighted by Crippen LogP contribution is -2.23. The van der Waals surface area contributed by atoms with Crippen LogP contribution in [0.4, 0.5) is 0 Å². The minimum atomic E-state index is 0.373. The fourth-order valence-electron chi connectivity index (χ4n) is 2.60. The van der Waals surface area contributed by atoms with Gasteiger partial charge in [-0.15, -0.1) is 0 Å². The van der Waals surface area contributed by atoms with Crippen LogP contribution >= 0.6 is 0 Å². The third-order valence-corrected chi connectivity index (χ3v) is 3.70. The Kier molecular flexibility index (Phi) is 5.36. The number of nitrogens with one attached hydrogen (secondary N) is 1. The van der Waals surface area contributed by atoms with E-state index in [2.05, 4.69) is 60.7 Å². The number of hydrogen-bond donors (Lipinski definition) is 1. The molecule has 1 atom stereocenters. The number of rotatable bonds is 7. The van der Waals surface area contributed by atoms with E-state index in [4.69, 9.17) is 0 Å². The minimum Gasteiger partial charge on any atom is -0.309 e. The van der Waals surface area contributed by atoms with Gasteiger partial charge in [0.25, 0.3) is 0 Å². The molecule has 1 aromatic heterocycles. The Morgan fingerprint density at radius 1 is 1.20 bits per heavy atom. The van der Waals surface area contributed by atoms with Gasteiger partial charge in [-0.2, -0.15) is 5.10 Å². The molecule has 20 heavy (non-hydrogen) atoms. The van der Waals surface area contributed by atoms with Crippen LogP contribution in [0.15, 0.2) is 36.4 Å². The van der Waals surface area contributed by atoms with Gasteiger partial charge in [0.2, 0.25) is 0 Å². The molecule has 0 fully saturated rings. The molecule has 0 aliphatic rings. The van der Waals surface area contributed by atoms with E-state index in [1.807, 2.05) is 11.7 Å². The van der Waals surface area contributed by atoms with Crippen LogP contribution in [-0.4, -0.2) is 16.3 Å². The van der Waals surface area contributed by atoms with Crippen LogP contribution < -0.4 is 5.32 Å². The Morgan fingerprint density at radius 2 is 1.95 bits per heavy atom. The van der Waals surface area contributed by atoms with Crippen molar-refractivity contribution >= 4 is 0 Å². The highest BCUT2D eigenvalue weighted by Gasteiger charge is 2.15. The summed E-state index contributed by atoms with van der Waals surface area (Å²) in [4.78, 5) is 0. The van der Waals surface area contributed by atoms with Crippen LogP contribution in [0.25, 0.3) is 0 Å². The molecule has 1 heterocycles. The molecule has 0 saturated carbocycles. The summed E-state index contributed by atoms with van der Waals surface area (Å²) < 4.78 is 2.02. The Labute approximate surface area is 122 Å². The molecule has 0 spiro atoms. The SMILES string of the molecule is CCNC(CCc1ccccc1)c1cc(CC)nn1C. The molecular formula is C17H25N3. The van der Waals surface area contributed by atoms with Crippen molar-refractivity contribution in [2.75, 3.05) is 6.54 Å². The Bertz CT molecular complexity index is 516. The Morgan fingerprint density at radius 3 is 2.55 bits per heavy atom. The normalized spacial score (nSPS) is 12.6. The van der Waals surface area contributed by atoms with Crippen LogP contribution in [0, 0.1) is 0 Å². The molecule has 3 heteroatoms. The zero-order valence-corrected chi connectivity index (χ0v) is 12.8. The Balaban J connectivity index is 2.08. The van der Waals surface area contributed by atoms with E-state index >= 15 is 0 Å². The summed E-state index contributed by atoms with van der Waals surface area (Å²) in [6.45, 7) is 5.29. The molecule has 1 N–H and O–H groups in total. The van der Waals surface area contributed by atoms with E-state index in [0.717, 1.165) is 25.8 Å². The van der Waals surface area contributed by atoms with Gasteiger partial charge >= 0.3 is 0 Å². The van der Waals surface area contributed by atoms with Crippen LogP contribution in [0.2, 0.25) is 0 Å². The molecule has 108 valence electrons. The summed E-state index contributed by atoms with van der Waals surface area (Å²) in [6.07, 6.45) is 3.18. The van der Waals surface area contributed by atoms with Crippen molar-refractivity contribution in [2.24, 2.45) is 7.05 Å². The number of hydrogen-bond acceptors (Lipinski definition) is 2. The first-order valence-electron chi connectivity index (χ1n) is 7.54. The Hall–Kier alpha value is -1.61. The van der Waals surface area contributed by atoms with Gasteiger partial charge in [-0.05, 0) is 37.4 Å². The van der Waals surface area contributed by atoms with Crippen LogP contribution in [0.5, 0.6) is 0 Å². The number of nitrogens with zero attached hydrogens (tertiary/aromatic N) is 2. The molecule has 2 aromatic rings. The van der Waals surface area contributed by atoms with E-state index < -0.39 is 0 Å². The van der Waals surface area contributed by atoms with Crippen molar-refractivity contribution < 1.29 is 0 Å². The van der Waals surface area contributed by atoms with Crippen LogP contribution in [0.3, 0.4) is 0 Å². The molecular weight excluding hydrogens is 246 g/mol. The second-order valence-electron chi connectivity index (χ2n) is 5.17. The first-order valence-corrected chi connectivity index (χ1v) is 7.54. The van der Waals surface area contributed by atoms with Crippen molar-refractivity contribution in [1.82, 2.24) is 15.1 Å². The predicted molar refractivity (Wildman–Crippen MR) is 83.8 cm³/mol. The number of aryl methyl sites for hydroxylation is 3. The third kappa shape index (κ3) is 3.70. The molecule has 1 unspecified atom stereocenters. The third-order valence-electron chi connectivity index (χ3n) is 3.70. The first kappa shape index (κ1) is 14.8. The van der Waals surface area contributed by atoms with Gasteiger partial charge in [-0.1, -0.05) is 44.2 Å². The highest BCUT2D eigenvalue weighted by molar-refractivity contribution is 5.17. The van der Waals surface area contributed by atoms with Crippen molar-refractivity contribution in [2.45, 2.75) is 39.2 Å². The van der Waals surface area contributed by atoms with Crippen LogP contribution in [-0.2, 0) is 19.9 Å². The lowest BCUT2D eigenvalue weighted by molar-refractivity contribution is 0.480. The van der Waals surface area contributed by atoms with E-state index in [1.165, 1.54) is 17.0 Å². The molecule has 0 bridgehead atoms. The molecule has 0 radical (unpaired) electrons. The minimum absolute atomic E-state index is 0.373. The zero-order chi connectivity index (χ0) is 14.4. The van der Waals surface area contributed by atoms with E-state index in [9.17, 15) is 0 Å². The van der Waals surface area contributed by atoms with E-state index in [-0.39, 0.29) is 0 Å². The van der Waals surface area contributed by atoms with Gasteiger partial charge in [0, 0.05) is 13.1 Å². The summed E-state index contributed by atoms with van der Waals surface area (Å²) in [7, 11) is 2.04. The molecule has 0 aliphatic carbocycles. The van der Waals surface area contributed by atoms with Crippen molar-refractivity contribution in [3.8, 4) is 0 Å². The maximum Gasteiger partial charge on any atom is 0.0625 e. The summed E-state index contributed by atoms with van der Waals surface area (Å²) in [5.74, 6) is 0. The lowest BCUT2D eigenvalue weighted by atomic mass is 10.0. The summed E-state index contributed by atoms with van der Waals surface area (Å²) in [5, 5.41) is 8.15. The average molecular weight is 271 g/mol. The summed E-state index contributed by atoms with van der Waals surface area (Å²) >= 11 is 0. The van der Waals surface area contributed by atoms with E-state index in [0.29, 0.717) is 6.04 Å².